The van der Waals surface area contributed by atoms with Gasteiger partial charge in [-0.3, -0.25) is 5.48 Å². The third-order valence-electron chi connectivity index (χ3n) is 3.29. The molecular formula is C13H17NO8. The molecular weight excluding hydrogens is 298 g/mol. The molecule has 0 spiro atoms. The predicted octanol–water partition coefficient (Wildman–Crippen LogP) is -1.47. The van der Waals surface area contributed by atoms with E-state index in [4.69, 9.17) is 19.8 Å². The molecule has 2 rings (SSSR count). The summed E-state index contributed by atoms with van der Waals surface area (Å²) in [5.74, 6) is -1.18. The van der Waals surface area contributed by atoms with Crippen molar-refractivity contribution in [1.29, 1.82) is 0 Å². The molecule has 22 heavy (non-hydrogen) atoms. The lowest BCUT2D eigenvalue weighted by Gasteiger charge is -2.39. The zero-order chi connectivity index (χ0) is 16.3. The summed E-state index contributed by atoms with van der Waals surface area (Å²) in [6.45, 7) is -0.587. The Balaban J connectivity index is 2.06. The number of benzene rings is 1. The van der Waals surface area contributed by atoms with Crippen molar-refractivity contribution >= 4 is 11.7 Å². The molecule has 1 aromatic rings. The number of carboxylic acids is 1. The molecule has 6 N–H and O–H groups in total. The van der Waals surface area contributed by atoms with Gasteiger partial charge in [-0.15, -0.1) is 0 Å². The zero-order valence-electron chi connectivity index (χ0n) is 11.4. The normalized spacial score (nSPS) is 31.7. The minimum absolute atomic E-state index is 0.0629. The standard InChI is InChI=1S/C13H17NO8/c15-5-8-9(16)10(17)11(18)13(21-8)22-14-7-4-2-1-3-6(7)12(19)20/h1-4,8-11,13-18H,5H2,(H,19,20)/t8-,9+,10+,11-,13?/m1/s1. The van der Waals surface area contributed by atoms with E-state index in [1.165, 1.54) is 18.2 Å². The second-order valence-electron chi connectivity index (χ2n) is 4.77. The van der Waals surface area contributed by atoms with Gasteiger partial charge in [0.05, 0.1) is 17.9 Å². The molecule has 122 valence electrons. The Morgan fingerprint density at radius 2 is 1.86 bits per heavy atom. The van der Waals surface area contributed by atoms with Crippen LogP contribution in [0.25, 0.3) is 0 Å². The Labute approximate surface area is 125 Å². The maximum atomic E-state index is 11.0. The van der Waals surface area contributed by atoms with E-state index in [9.17, 15) is 20.1 Å². The Kier molecular flexibility index (Phi) is 5.29. The third-order valence-corrected chi connectivity index (χ3v) is 3.29. The van der Waals surface area contributed by atoms with Crippen molar-refractivity contribution in [3.8, 4) is 0 Å². The van der Waals surface area contributed by atoms with Crippen LogP contribution < -0.4 is 5.48 Å². The van der Waals surface area contributed by atoms with Gasteiger partial charge in [0.2, 0.25) is 6.29 Å². The average Bonchev–Trinajstić information content (AvgIpc) is 2.52. The first-order valence-corrected chi connectivity index (χ1v) is 6.50. The van der Waals surface area contributed by atoms with Gasteiger partial charge in [-0.05, 0) is 12.1 Å². The van der Waals surface area contributed by atoms with Gasteiger partial charge in [-0.1, -0.05) is 12.1 Å². The van der Waals surface area contributed by atoms with Gasteiger partial charge in [0, 0.05) is 0 Å². The molecule has 0 radical (unpaired) electrons. The maximum absolute atomic E-state index is 11.0. The average molecular weight is 315 g/mol. The lowest BCUT2D eigenvalue weighted by molar-refractivity contribution is -0.294. The van der Waals surface area contributed by atoms with Crippen LogP contribution in [0.3, 0.4) is 0 Å². The molecule has 1 aromatic carbocycles. The van der Waals surface area contributed by atoms with Crippen molar-refractivity contribution in [2.45, 2.75) is 30.7 Å². The number of para-hydroxylation sites is 1. The number of nitrogens with one attached hydrogen (secondary N) is 1. The summed E-state index contributed by atoms with van der Waals surface area (Å²) < 4.78 is 5.11. The zero-order valence-corrected chi connectivity index (χ0v) is 11.4. The minimum atomic E-state index is -1.58. The maximum Gasteiger partial charge on any atom is 0.337 e. The fourth-order valence-electron chi connectivity index (χ4n) is 2.04. The summed E-state index contributed by atoms with van der Waals surface area (Å²) in [7, 11) is 0. The number of anilines is 1. The minimum Gasteiger partial charge on any atom is -0.478 e. The van der Waals surface area contributed by atoms with E-state index < -0.39 is 43.3 Å². The van der Waals surface area contributed by atoms with Crippen LogP contribution in [0.4, 0.5) is 5.69 Å². The van der Waals surface area contributed by atoms with Crippen LogP contribution in [-0.4, -0.2) is 68.8 Å². The van der Waals surface area contributed by atoms with Crippen LogP contribution in [0.15, 0.2) is 24.3 Å². The molecule has 0 amide bonds. The van der Waals surface area contributed by atoms with Crippen LogP contribution in [-0.2, 0) is 9.57 Å². The van der Waals surface area contributed by atoms with Crippen LogP contribution in [0.1, 0.15) is 10.4 Å². The molecule has 0 aromatic heterocycles. The number of carbonyl (C=O) groups is 1. The summed E-state index contributed by atoms with van der Waals surface area (Å²) >= 11 is 0. The van der Waals surface area contributed by atoms with E-state index in [-0.39, 0.29) is 11.3 Å². The monoisotopic (exact) mass is 315 g/mol. The number of carboxylic acid groups (broad SMARTS) is 1. The molecule has 5 atom stereocenters. The Morgan fingerprint density at radius 3 is 2.50 bits per heavy atom. The van der Waals surface area contributed by atoms with Crippen molar-refractivity contribution in [3.05, 3.63) is 29.8 Å². The van der Waals surface area contributed by atoms with Gasteiger partial charge in [0.15, 0.2) is 0 Å². The number of aliphatic hydroxyl groups excluding tert-OH is 4. The molecule has 1 unspecified atom stereocenters. The van der Waals surface area contributed by atoms with Gasteiger partial charge in [0.25, 0.3) is 0 Å². The van der Waals surface area contributed by atoms with Crippen LogP contribution in [0.5, 0.6) is 0 Å². The number of aliphatic hydroxyl groups is 4. The summed E-state index contributed by atoms with van der Waals surface area (Å²) in [6, 6.07) is 5.89. The molecule has 9 heteroatoms. The van der Waals surface area contributed by atoms with E-state index in [2.05, 4.69) is 5.48 Å². The number of hydrogen-bond acceptors (Lipinski definition) is 8. The second-order valence-corrected chi connectivity index (χ2v) is 4.77. The first-order chi connectivity index (χ1) is 10.5. The highest BCUT2D eigenvalue weighted by molar-refractivity contribution is 5.93. The van der Waals surface area contributed by atoms with Crippen molar-refractivity contribution in [2.24, 2.45) is 0 Å². The highest BCUT2D eigenvalue weighted by Crippen LogP contribution is 2.23. The number of hydrogen-bond donors (Lipinski definition) is 6. The van der Waals surface area contributed by atoms with Crippen molar-refractivity contribution in [3.63, 3.8) is 0 Å². The van der Waals surface area contributed by atoms with Crippen molar-refractivity contribution in [2.75, 3.05) is 12.1 Å². The number of aromatic carboxylic acids is 1. The van der Waals surface area contributed by atoms with Crippen molar-refractivity contribution < 1.29 is 39.9 Å². The molecule has 1 aliphatic rings. The molecule has 1 saturated heterocycles. The lowest BCUT2D eigenvalue weighted by Crippen LogP contribution is -2.59. The van der Waals surface area contributed by atoms with E-state index in [1.807, 2.05) is 0 Å². The quantitative estimate of drug-likeness (QED) is 0.358. The SMILES string of the molecule is O=C(O)c1ccccc1NOC1O[C@H](CO)[C@H](O)[C@H](O)[C@H]1O. The fraction of sp³-hybridized carbons (Fsp3) is 0.462. The van der Waals surface area contributed by atoms with Gasteiger partial charge in [0.1, 0.15) is 24.4 Å². The molecule has 9 nitrogen and oxygen atoms in total. The molecule has 0 aliphatic carbocycles. The summed E-state index contributed by atoms with van der Waals surface area (Å²) in [4.78, 5) is 16.1. The first-order valence-electron chi connectivity index (χ1n) is 6.50. The van der Waals surface area contributed by atoms with E-state index in [0.717, 1.165) is 0 Å². The molecule has 0 bridgehead atoms. The highest BCUT2D eigenvalue weighted by atomic mass is 16.8. The van der Waals surface area contributed by atoms with Crippen molar-refractivity contribution in [1.82, 2.24) is 0 Å². The van der Waals surface area contributed by atoms with Crippen LogP contribution >= 0.6 is 0 Å². The molecule has 1 heterocycles. The van der Waals surface area contributed by atoms with Gasteiger partial charge in [-0.25, -0.2) is 9.63 Å². The van der Waals surface area contributed by atoms with Gasteiger partial charge >= 0.3 is 5.97 Å². The second kappa shape index (κ2) is 7.01. The van der Waals surface area contributed by atoms with Crippen LogP contribution in [0, 0.1) is 0 Å². The first kappa shape index (κ1) is 16.6. The molecule has 1 aliphatic heterocycles. The highest BCUT2D eigenvalue weighted by Gasteiger charge is 2.44. The smallest absolute Gasteiger partial charge is 0.337 e. The number of rotatable bonds is 5. The third kappa shape index (κ3) is 3.35. The summed E-state index contributed by atoms with van der Waals surface area (Å²) in [5.41, 5.74) is 2.39. The largest absolute Gasteiger partial charge is 0.478 e. The van der Waals surface area contributed by atoms with Gasteiger partial charge in [-0.2, -0.15) is 0 Å². The number of ether oxygens (including phenoxy) is 1. The predicted molar refractivity (Wildman–Crippen MR) is 71.9 cm³/mol. The summed E-state index contributed by atoms with van der Waals surface area (Å²) in [5, 5.41) is 47.1. The molecule has 0 saturated carbocycles. The molecule has 1 fully saturated rings. The topological polar surface area (TPSA) is 149 Å². The van der Waals surface area contributed by atoms with Crippen LogP contribution in [0.2, 0.25) is 0 Å². The Morgan fingerprint density at radius 1 is 1.18 bits per heavy atom. The van der Waals surface area contributed by atoms with E-state index in [0.29, 0.717) is 0 Å². The summed E-state index contributed by atoms with van der Waals surface area (Å²) in [6.07, 6.45) is -7.17. The van der Waals surface area contributed by atoms with E-state index >= 15 is 0 Å². The van der Waals surface area contributed by atoms with E-state index in [1.54, 1.807) is 6.07 Å². The lowest BCUT2D eigenvalue weighted by atomic mass is 9.99. The fourth-order valence-corrected chi connectivity index (χ4v) is 2.04. The Bertz CT molecular complexity index is 523. The van der Waals surface area contributed by atoms with Gasteiger partial charge < -0.3 is 30.3 Å². The Hall–Kier alpha value is -1.75.